The maximum absolute atomic E-state index is 11.0. The van der Waals surface area contributed by atoms with Gasteiger partial charge in [0.15, 0.2) is 0 Å². The third-order valence-corrected chi connectivity index (χ3v) is 2.78. The number of carbonyl (C=O) groups is 1. The molecule has 2 nitrogen and oxygen atoms in total. The first-order valence-corrected chi connectivity index (χ1v) is 4.74. The third-order valence-electron chi connectivity index (χ3n) is 2.78. The summed E-state index contributed by atoms with van der Waals surface area (Å²) in [6.07, 6.45) is 9.42. The molecule has 2 aliphatic carbocycles. The third kappa shape index (κ3) is 1.02. The quantitative estimate of drug-likeness (QED) is 0.719. The lowest BCUT2D eigenvalue weighted by atomic mass is 10.0. The number of hydrogen-bond acceptors (Lipinski definition) is 1. The summed E-state index contributed by atoms with van der Waals surface area (Å²) in [5.41, 5.74) is 2.27. The van der Waals surface area contributed by atoms with E-state index in [4.69, 9.17) is 5.11 Å². The van der Waals surface area contributed by atoms with Crippen LogP contribution in [0.4, 0.5) is 0 Å². The first kappa shape index (κ1) is 8.24. The molecule has 0 amide bonds. The van der Waals surface area contributed by atoms with E-state index in [0.29, 0.717) is 5.57 Å². The number of benzene rings is 1. The van der Waals surface area contributed by atoms with E-state index >= 15 is 0 Å². The summed E-state index contributed by atoms with van der Waals surface area (Å²) in [5, 5.41) is 11.2. The standard InChI is InChI=1S/C13H8O2/c14-13(15)11-7-6-9-5-4-8-2-1-3-10(8)12(9)11/h1-7H,(H,14,15). The highest BCUT2D eigenvalue weighted by Crippen LogP contribution is 2.20. The van der Waals surface area contributed by atoms with Crippen LogP contribution in [0.3, 0.4) is 0 Å². The molecule has 0 aromatic heterocycles. The lowest BCUT2D eigenvalue weighted by molar-refractivity contribution is -0.130. The van der Waals surface area contributed by atoms with E-state index in [0.717, 1.165) is 21.6 Å². The summed E-state index contributed by atoms with van der Waals surface area (Å²) in [7, 11) is 0. The molecule has 0 saturated carbocycles. The molecule has 2 aliphatic rings. The molecule has 1 aromatic rings. The van der Waals surface area contributed by atoms with Gasteiger partial charge >= 0.3 is 5.97 Å². The summed E-state index contributed by atoms with van der Waals surface area (Å²) in [4.78, 5) is 11.0. The van der Waals surface area contributed by atoms with Crippen molar-refractivity contribution in [3.63, 3.8) is 0 Å². The van der Waals surface area contributed by atoms with Gasteiger partial charge in [-0.1, -0.05) is 36.4 Å². The Morgan fingerprint density at radius 1 is 1.07 bits per heavy atom. The normalized spacial score (nSPS) is 15.1. The molecule has 0 unspecified atom stereocenters. The van der Waals surface area contributed by atoms with Crippen LogP contribution in [0.5, 0.6) is 0 Å². The number of aliphatic carboxylic acids is 1. The molecule has 15 heavy (non-hydrogen) atoms. The molecule has 0 aliphatic heterocycles. The van der Waals surface area contributed by atoms with E-state index in [1.165, 1.54) is 0 Å². The van der Waals surface area contributed by atoms with Gasteiger partial charge in [-0.05, 0) is 22.1 Å². The van der Waals surface area contributed by atoms with Crippen LogP contribution in [-0.2, 0) is 4.79 Å². The van der Waals surface area contributed by atoms with Crippen molar-refractivity contribution in [3.8, 4) is 0 Å². The Bertz CT molecular complexity index is 646. The molecule has 72 valence electrons. The molecule has 3 rings (SSSR count). The Morgan fingerprint density at radius 3 is 2.67 bits per heavy atom. The Labute approximate surface area is 86.2 Å². The van der Waals surface area contributed by atoms with E-state index in [1.54, 1.807) is 6.08 Å². The van der Waals surface area contributed by atoms with Crippen LogP contribution in [0.15, 0.2) is 24.3 Å². The molecular weight excluding hydrogens is 188 g/mol. The molecule has 2 heteroatoms. The lowest BCUT2D eigenvalue weighted by Crippen LogP contribution is -2.17. The summed E-state index contributed by atoms with van der Waals surface area (Å²) in [6.45, 7) is 0. The Kier molecular flexibility index (Phi) is 1.48. The van der Waals surface area contributed by atoms with Crippen LogP contribution >= 0.6 is 0 Å². The number of allylic oxidation sites excluding steroid dienone is 2. The Balaban J connectivity index is 2.40. The monoisotopic (exact) mass is 196 g/mol. The smallest absolute Gasteiger partial charge is 0.336 e. The number of carboxylic acids is 1. The summed E-state index contributed by atoms with van der Waals surface area (Å²) in [6, 6.07) is 3.98. The summed E-state index contributed by atoms with van der Waals surface area (Å²) < 4.78 is 0. The van der Waals surface area contributed by atoms with E-state index in [1.807, 2.05) is 36.4 Å². The molecule has 0 heterocycles. The van der Waals surface area contributed by atoms with Gasteiger partial charge in [-0.3, -0.25) is 0 Å². The number of hydrogen-bond donors (Lipinski definition) is 1. The van der Waals surface area contributed by atoms with E-state index in [9.17, 15) is 4.79 Å². The molecule has 0 bridgehead atoms. The Hall–Kier alpha value is -2.09. The second kappa shape index (κ2) is 2.70. The van der Waals surface area contributed by atoms with Crippen molar-refractivity contribution in [2.75, 3.05) is 0 Å². The average molecular weight is 196 g/mol. The number of carboxylic acid groups (broad SMARTS) is 1. The van der Waals surface area contributed by atoms with Crippen molar-refractivity contribution < 1.29 is 9.90 Å². The van der Waals surface area contributed by atoms with Crippen LogP contribution in [0, 0.1) is 0 Å². The van der Waals surface area contributed by atoms with E-state index in [2.05, 4.69) is 0 Å². The van der Waals surface area contributed by atoms with Crippen molar-refractivity contribution in [1.29, 1.82) is 0 Å². The second-order valence-corrected chi connectivity index (χ2v) is 3.61. The first-order valence-electron chi connectivity index (χ1n) is 4.74. The Morgan fingerprint density at radius 2 is 1.87 bits per heavy atom. The largest absolute Gasteiger partial charge is 0.478 e. The molecular formula is C13H8O2. The fraction of sp³-hybridized carbons (Fsp3) is 0. The van der Waals surface area contributed by atoms with Gasteiger partial charge in [0.2, 0.25) is 0 Å². The van der Waals surface area contributed by atoms with Crippen molar-refractivity contribution >= 4 is 29.8 Å². The van der Waals surface area contributed by atoms with Crippen LogP contribution in [0.25, 0.3) is 23.8 Å². The topological polar surface area (TPSA) is 37.3 Å². The van der Waals surface area contributed by atoms with Gasteiger partial charge in [-0.2, -0.15) is 0 Å². The van der Waals surface area contributed by atoms with Gasteiger partial charge in [-0.15, -0.1) is 0 Å². The molecule has 0 fully saturated rings. The highest BCUT2D eigenvalue weighted by molar-refractivity contribution is 6.19. The first-order chi connectivity index (χ1) is 7.27. The van der Waals surface area contributed by atoms with Gasteiger partial charge in [0.1, 0.15) is 0 Å². The predicted molar refractivity (Wildman–Crippen MR) is 59.3 cm³/mol. The molecule has 0 saturated heterocycles. The fourth-order valence-corrected chi connectivity index (χ4v) is 2.10. The van der Waals surface area contributed by atoms with Gasteiger partial charge < -0.3 is 5.11 Å². The maximum Gasteiger partial charge on any atom is 0.336 e. The minimum absolute atomic E-state index is 0.391. The molecule has 1 aromatic carbocycles. The van der Waals surface area contributed by atoms with Crippen LogP contribution < -0.4 is 10.4 Å². The molecule has 0 spiro atoms. The molecule has 0 radical (unpaired) electrons. The van der Waals surface area contributed by atoms with Crippen molar-refractivity contribution in [3.05, 3.63) is 45.8 Å². The zero-order chi connectivity index (χ0) is 10.4. The van der Waals surface area contributed by atoms with Gasteiger partial charge in [0.25, 0.3) is 0 Å². The van der Waals surface area contributed by atoms with Gasteiger partial charge in [0.05, 0.1) is 5.57 Å². The summed E-state index contributed by atoms with van der Waals surface area (Å²) in [5.74, 6) is -0.862. The fourth-order valence-electron chi connectivity index (χ4n) is 2.10. The van der Waals surface area contributed by atoms with Crippen LogP contribution in [0.2, 0.25) is 0 Å². The summed E-state index contributed by atoms with van der Waals surface area (Å²) >= 11 is 0. The van der Waals surface area contributed by atoms with E-state index < -0.39 is 5.97 Å². The second-order valence-electron chi connectivity index (χ2n) is 3.61. The minimum atomic E-state index is -0.862. The molecule has 1 N–H and O–H groups in total. The molecule has 0 atom stereocenters. The highest BCUT2D eigenvalue weighted by Gasteiger charge is 2.18. The average Bonchev–Trinajstić information content (AvgIpc) is 2.82. The van der Waals surface area contributed by atoms with Gasteiger partial charge in [0, 0.05) is 5.56 Å². The van der Waals surface area contributed by atoms with Crippen molar-refractivity contribution in [2.45, 2.75) is 0 Å². The number of rotatable bonds is 1. The SMILES string of the molecule is O=C(O)C1=CC=c2ccc3c(c21)C=CC=3. The van der Waals surface area contributed by atoms with E-state index in [-0.39, 0.29) is 0 Å². The predicted octanol–water partition coefficient (Wildman–Crippen LogP) is 0.756. The van der Waals surface area contributed by atoms with Crippen LogP contribution in [0.1, 0.15) is 11.1 Å². The number of fused-ring (bicyclic) bond motifs is 3. The lowest BCUT2D eigenvalue weighted by Gasteiger charge is -2.03. The highest BCUT2D eigenvalue weighted by atomic mass is 16.4. The van der Waals surface area contributed by atoms with Crippen LogP contribution in [-0.4, -0.2) is 11.1 Å². The van der Waals surface area contributed by atoms with Crippen molar-refractivity contribution in [1.82, 2.24) is 0 Å². The van der Waals surface area contributed by atoms with Gasteiger partial charge in [-0.25, -0.2) is 4.79 Å². The maximum atomic E-state index is 11.0. The van der Waals surface area contributed by atoms with Crippen molar-refractivity contribution in [2.24, 2.45) is 0 Å². The minimum Gasteiger partial charge on any atom is -0.478 e. The zero-order valence-electron chi connectivity index (χ0n) is 7.90. The zero-order valence-corrected chi connectivity index (χ0v) is 7.90.